The van der Waals surface area contributed by atoms with Crippen LogP contribution < -0.4 is 16.4 Å². The zero-order valence-corrected chi connectivity index (χ0v) is 18.9. The fourth-order valence-corrected chi connectivity index (χ4v) is 3.83. The molecule has 0 aromatic rings. The normalized spacial score (nSPS) is 39.2. The van der Waals surface area contributed by atoms with Gasteiger partial charge in [-0.3, -0.25) is 14.4 Å². The Bertz CT molecular complexity index is 727. The lowest BCUT2D eigenvalue weighted by Crippen LogP contribution is -2.69. The highest BCUT2D eigenvalue weighted by Crippen LogP contribution is 2.30. The molecular weight excluding hydrogens is 462 g/mol. The molecule has 0 aromatic carbocycles. The molecule has 34 heavy (non-hydrogen) atoms. The SMILES string of the molecule is CC(=O)N[C@@H]1[C@@H](O[C@H](C)C(N)=O)[C@H](O[C@@H]2O[C@H](CO)[C@@H](O)[C@H](O)[C@H]2NC(C)=O)[C@@H](CO)O[C@@H]1O. The van der Waals surface area contributed by atoms with Gasteiger partial charge >= 0.3 is 0 Å². The molecule has 2 aliphatic rings. The average Bonchev–Trinajstić information content (AvgIpc) is 2.76. The van der Waals surface area contributed by atoms with Crippen LogP contribution in [-0.2, 0) is 33.3 Å². The molecule has 2 aliphatic heterocycles. The Morgan fingerprint density at radius 1 is 0.912 bits per heavy atom. The lowest BCUT2D eigenvalue weighted by atomic mass is 9.94. The van der Waals surface area contributed by atoms with Crippen LogP contribution in [0.2, 0.25) is 0 Å². The van der Waals surface area contributed by atoms with Gasteiger partial charge in [0, 0.05) is 13.8 Å². The first-order chi connectivity index (χ1) is 15.9. The summed E-state index contributed by atoms with van der Waals surface area (Å²) >= 11 is 0. The largest absolute Gasteiger partial charge is 0.394 e. The minimum Gasteiger partial charge on any atom is -0.394 e. The smallest absolute Gasteiger partial charge is 0.246 e. The molecule has 0 radical (unpaired) electrons. The van der Waals surface area contributed by atoms with Crippen LogP contribution in [0.1, 0.15) is 20.8 Å². The van der Waals surface area contributed by atoms with Gasteiger partial charge < -0.3 is 60.8 Å². The maximum Gasteiger partial charge on any atom is 0.246 e. The van der Waals surface area contributed by atoms with Crippen LogP contribution in [0.25, 0.3) is 0 Å². The molecule has 15 heteroatoms. The first-order valence-corrected chi connectivity index (χ1v) is 10.6. The van der Waals surface area contributed by atoms with Crippen molar-refractivity contribution in [3.8, 4) is 0 Å². The van der Waals surface area contributed by atoms with Gasteiger partial charge in [-0.2, -0.15) is 0 Å². The van der Waals surface area contributed by atoms with Gasteiger partial charge in [-0.25, -0.2) is 0 Å². The molecule has 3 amide bonds. The fraction of sp³-hybridized carbons (Fsp3) is 0.842. The van der Waals surface area contributed by atoms with E-state index in [4.69, 9.17) is 24.7 Å². The average molecular weight is 495 g/mol. The van der Waals surface area contributed by atoms with Crippen molar-refractivity contribution in [2.24, 2.45) is 5.73 Å². The second-order valence-electron chi connectivity index (χ2n) is 8.15. The van der Waals surface area contributed by atoms with Crippen molar-refractivity contribution in [1.29, 1.82) is 0 Å². The molecular formula is C19H33N3O12. The van der Waals surface area contributed by atoms with Crippen molar-refractivity contribution >= 4 is 17.7 Å². The van der Waals surface area contributed by atoms with Crippen molar-refractivity contribution < 1.29 is 58.9 Å². The van der Waals surface area contributed by atoms with Crippen LogP contribution in [-0.4, -0.2) is 124 Å². The molecule has 0 spiro atoms. The summed E-state index contributed by atoms with van der Waals surface area (Å²) in [6.45, 7) is 2.21. The number of aliphatic hydroxyl groups excluding tert-OH is 5. The van der Waals surface area contributed by atoms with Gasteiger partial charge in [0.2, 0.25) is 17.7 Å². The summed E-state index contributed by atoms with van der Waals surface area (Å²) in [4.78, 5) is 35.0. The predicted molar refractivity (Wildman–Crippen MR) is 109 cm³/mol. The molecule has 0 aliphatic carbocycles. The number of carbonyl (C=O) groups excluding carboxylic acids is 3. The number of nitrogens with one attached hydrogen (secondary N) is 2. The van der Waals surface area contributed by atoms with E-state index in [1.807, 2.05) is 0 Å². The Morgan fingerprint density at radius 2 is 1.47 bits per heavy atom. The van der Waals surface area contributed by atoms with Crippen LogP contribution in [0.5, 0.6) is 0 Å². The van der Waals surface area contributed by atoms with E-state index < -0.39 is 98.3 Å². The predicted octanol–water partition coefficient (Wildman–Crippen LogP) is -5.21. The van der Waals surface area contributed by atoms with Gasteiger partial charge in [-0.1, -0.05) is 0 Å². The lowest BCUT2D eigenvalue weighted by molar-refractivity contribution is -0.333. The summed E-state index contributed by atoms with van der Waals surface area (Å²) in [5, 5.41) is 55.3. The zero-order valence-electron chi connectivity index (χ0n) is 18.9. The van der Waals surface area contributed by atoms with E-state index in [1.165, 1.54) is 6.92 Å². The van der Waals surface area contributed by atoms with Crippen LogP contribution in [0.4, 0.5) is 0 Å². The highest BCUT2D eigenvalue weighted by atomic mass is 16.7. The third-order valence-corrected chi connectivity index (χ3v) is 5.52. The number of rotatable bonds is 9. The molecule has 15 nitrogen and oxygen atoms in total. The Balaban J connectivity index is 2.44. The number of aliphatic hydroxyl groups is 5. The minimum atomic E-state index is -1.68. The quantitative estimate of drug-likeness (QED) is 0.150. The van der Waals surface area contributed by atoms with Gasteiger partial charge in [0.1, 0.15) is 54.8 Å². The van der Waals surface area contributed by atoms with Crippen molar-refractivity contribution in [3.05, 3.63) is 0 Å². The van der Waals surface area contributed by atoms with Crippen molar-refractivity contribution in [2.45, 2.75) is 88.2 Å². The van der Waals surface area contributed by atoms with Crippen molar-refractivity contribution in [1.82, 2.24) is 10.6 Å². The zero-order chi connectivity index (χ0) is 25.7. The van der Waals surface area contributed by atoms with E-state index in [0.29, 0.717) is 0 Å². The number of primary amides is 1. The van der Waals surface area contributed by atoms with E-state index in [0.717, 1.165) is 13.8 Å². The Kier molecular flexibility index (Phi) is 10.1. The molecule has 2 rings (SSSR count). The highest BCUT2D eigenvalue weighted by molar-refractivity contribution is 5.78. The summed E-state index contributed by atoms with van der Waals surface area (Å²) in [7, 11) is 0. The number of amides is 3. The van der Waals surface area contributed by atoms with Gasteiger partial charge in [0.05, 0.1) is 13.2 Å². The highest BCUT2D eigenvalue weighted by Gasteiger charge is 2.52. The first kappa shape index (κ1) is 28.3. The van der Waals surface area contributed by atoms with Crippen molar-refractivity contribution in [3.63, 3.8) is 0 Å². The molecule has 2 saturated heterocycles. The van der Waals surface area contributed by atoms with E-state index in [1.54, 1.807) is 0 Å². The molecule has 2 fully saturated rings. The fourth-order valence-electron chi connectivity index (χ4n) is 3.83. The van der Waals surface area contributed by atoms with Crippen LogP contribution in [0.3, 0.4) is 0 Å². The Hall–Kier alpha value is -1.95. The summed E-state index contributed by atoms with van der Waals surface area (Å²) in [5.41, 5.74) is 5.28. The number of nitrogens with two attached hydrogens (primary N) is 1. The monoisotopic (exact) mass is 495 g/mol. The van der Waals surface area contributed by atoms with Crippen LogP contribution >= 0.6 is 0 Å². The molecule has 9 N–H and O–H groups in total. The lowest BCUT2D eigenvalue weighted by Gasteiger charge is -2.48. The summed E-state index contributed by atoms with van der Waals surface area (Å²) in [6.07, 6.45) is -12.9. The standard InChI is InChI=1S/C19H33N3O12/c1-6(17(20)29)31-16-12(22-8(3)26)18(30)32-10(5-24)15(16)34-19-11(21-7(2)25)14(28)13(27)9(4-23)33-19/h6,9-16,18-19,23-24,27-28,30H,4-5H2,1-3H3,(H2,20,29)(H,21,25)(H,22,26)/t6-,9-,10-,11-,12-,13-,14-,15-,16-,18+,19+/m1/s1. The van der Waals surface area contributed by atoms with E-state index in [9.17, 15) is 39.9 Å². The van der Waals surface area contributed by atoms with Gasteiger partial charge in [-0.15, -0.1) is 0 Å². The molecule has 2 heterocycles. The van der Waals surface area contributed by atoms with Gasteiger partial charge in [0.25, 0.3) is 0 Å². The third-order valence-electron chi connectivity index (χ3n) is 5.52. The van der Waals surface area contributed by atoms with E-state index in [2.05, 4.69) is 10.6 Å². The first-order valence-electron chi connectivity index (χ1n) is 10.6. The number of ether oxygens (including phenoxy) is 4. The van der Waals surface area contributed by atoms with Crippen LogP contribution in [0.15, 0.2) is 0 Å². The summed E-state index contributed by atoms with van der Waals surface area (Å²) < 4.78 is 22.5. The van der Waals surface area contributed by atoms with E-state index >= 15 is 0 Å². The Morgan fingerprint density at radius 3 is 1.97 bits per heavy atom. The maximum atomic E-state index is 11.7. The van der Waals surface area contributed by atoms with Crippen molar-refractivity contribution in [2.75, 3.05) is 13.2 Å². The molecule has 11 atom stereocenters. The topological polar surface area (TPSA) is 239 Å². The van der Waals surface area contributed by atoms with E-state index in [-0.39, 0.29) is 0 Å². The molecule has 0 unspecified atom stereocenters. The number of hydrogen-bond acceptors (Lipinski definition) is 12. The summed E-state index contributed by atoms with van der Waals surface area (Å²) in [6, 6.07) is -2.63. The molecule has 0 saturated carbocycles. The third kappa shape index (κ3) is 6.59. The second-order valence-corrected chi connectivity index (χ2v) is 8.15. The molecule has 0 bridgehead atoms. The van der Waals surface area contributed by atoms with Gasteiger partial charge in [0.15, 0.2) is 12.6 Å². The van der Waals surface area contributed by atoms with Gasteiger partial charge in [-0.05, 0) is 6.92 Å². The molecule has 0 aromatic heterocycles. The second kappa shape index (κ2) is 12.1. The minimum absolute atomic E-state index is 0.585. The maximum absolute atomic E-state index is 11.7. The van der Waals surface area contributed by atoms with Crippen LogP contribution in [0, 0.1) is 0 Å². The Labute approximate surface area is 195 Å². The summed E-state index contributed by atoms with van der Waals surface area (Å²) in [5.74, 6) is -2.06. The number of hydrogen-bond donors (Lipinski definition) is 8. The number of carbonyl (C=O) groups is 3. The molecule has 196 valence electrons.